The number of aromatic nitrogens is 2. The third-order valence-electron chi connectivity index (χ3n) is 6.84. The number of rotatable bonds is 5. The van der Waals surface area contributed by atoms with E-state index in [1.807, 2.05) is 68.3 Å². The minimum absolute atomic E-state index is 0.0830. The molecule has 2 aliphatic rings. The zero-order valence-electron chi connectivity index (χ0n) is 22.6. The zero-order valence-corrected chi connectivity index (χ0v) is 23.4. The van der Waals surface area contributed by atoms with Crippen molar-refractivity contribution in [1.29, 1.82) is 0 Å². The molecule has 10 heteroatoms. The second-order valence-electron chi connectivity index (χ2n) is 10.8. The molecule has 0 saturated carbocycles. The quantitative estimate of drug-likeness (QED) is 0.462. The lowest BCUT2D eigenvalue weighted by Gasteiger charge is -2.40. The van der Waals surface area contributed by atoms with Crippen LogP contribution < -0.4 is 5.32 Å². The molecular formula is C29H35N5O4S. The Balaban J connectivity index is 1.18. The first-order valence-electron chi connectivity index (χ1n) is 13.4. The predicted octanol–water partition coefficient (Wildman–Crippen LogP) is 5.29. The van der Waals surface area contributed by atoms with Gasteiger partial charge in [-0.05, 0) is 51.3 Å². The summed E-state index contributed by atoms with van der Waals surface area (Å²) in [5.41, 5.74) is 1.52. The number of hydrogen-bond acceptors (Lipinski definition) is 8. The predicted molar refractivity (Wildman–Crippen MR) is 151 cm³/mol. The van der Waals surface area contributed by atoms with Crippen molar-refractivity contribution in [2.45, 2.75) is 51.2 Å². The molecule has 0 radical (unpaired) electrons. The van der Waals surface area contributed by atoms with Crippen LogP contribution in [-0.2, 0) is 14.3 Å². The molecule has 9 nitrogen and oxygen atoms in total. The van der Waals surface area contributed by atoms with Crippen LogP contribution in [0.4, 0.5) is 15.7 Å². The van der Waals surface area contributed by atoms with E-state index in [2.05, 4.69) is 22.4 Å². The van der Waals surface area contributed by atoms with Crippen molar-refractivity contribution >= 4 is 34.3 Å². The molecule has 4 heterocycles. The van der Waals surface area contributed by atoms with Crippen molar-refractivity contribution in [3.8, 4) is 10.4 Å². The number of nitrogens with zero attached hydrogens (tertiary/aromatic N) is 4. The number of nitrogens with one attached hydrogen (secondary N) is 1. The first-order valence-corrected chi connectivity index (χ1v) is 14.2. The van der Waals surface area contributed by atoms with Gasteiger partial charge in [0.1, 0.15) is 17.5 Å². The SMILES string of the molecule is CC(C)(C)OC(=O)N1CCOC[C@H]1C(=O)N1CCC(c2cccc(Nc3ncc(-c4ccccc4)s3)n2)CC1. The summed E-state index contributed by atoms with van der Waals surface area (Å²) < 4.78 is 11.1. The summed E-state index contributed by atoms with van der Waals surface area (Å²) in [5, 5.41) is 4.14. The summed E-state index contributed by atoms with van der Waals surface area (Å²) in [7, 11) is 0. The molecule has 1 aromatic carbocycles. The summed E-state index contributed by atoms with van der Waals surface area (Å²) in [4.78, 5) is 40.0. The Morgan fingerprint density at radius 2 is 1.82 bits per heavy atom. The fourth-order valence-corrected chi connectivity index (χ4v) is 5.71. The van der Waals surface area contributed by atoms with Gasteiger partial charge in [0.25, 0.3) is 0 Å². The van der Waals surface area contributed by atoms with E-state index in [0.29, 0.717) is 26.2 Å². The van der Waals surface area contributed by atoms with Crippen LogP contribution in [0.1, 0.15) is 45.2 Å². The normalized spacial score (nSPS) is 18.6. The van der Waals surface area contributed by atoms with E-state index in [4.69, 9.17) is 14.5 Å². The number of carbonyl (C=O) groups excluding carboxylic acids is 2. The van der Waals surface area contributed by atoms with E-state index in [1.165, 1.54) is 4.90 Å². The Labute approximate surface area is 233 Å². The van der Waals surface area contributed by atoms with Crippen molar-refractivity contribution in [2.24, 2.45) is 0 Å². The van der Waals surface area contributed by atoms with Crippen LogP contribution in [0.5, 0.6) is 0 Å². The Morgan fingerprint density at radius 1 is 1.05 bits per heavy atom. The molecule has 2 amide bonds. The van der Waals surface area contributed by atoms with Crippen LogP contribution in [0.25, 0.3) is 10.4 Å². The maximum absolute atomic E-state index is 13.4. The molecule has 0 aliphatic carbocycles. The average molecular weight is 550 g/mol. The lowest BCUT2D eigenvalue weighted by Crippen LogP contribution is -2.58. The highest BCUT2D eigenvalue weighted by Gasteiger charge is 2.38. The van der Waals surface area contributed by atoms with Crippen LogP contribution >= 0.6 is 11.3 Å². The number of hydrogen-bond donors (Lipinski definition) is 1. The first kappa shape index (κ1) is 27.1. The minimum atomic E-state index is -0.658. The van der Waals surface area contributed by atoms with Gasteiger partial charge < -0.3 is 19.7 Å². The van der Waals surface area contributed by atoms with Gasteiger partial charge in [0, 0.05) is 37.4 Å². The molecule has 5 rings (SSSR count). The molecular weight excluding hydrogens is 514 g/mol. The molecule has 2 fully saturated rings. The monoisotopic (exact) mass is 549 g/mol. The maximum atomic E-state index is 13.4. The van der Waals surface area contributed by atoms with Crippen molar-refractivity contribution < 1.29 is 19.1 Å². The zero-order chi connectivity index (χ0) is 27.4. The van der Waals surface area contributed by atoms with Crippen LogP contribution in [-0.4, -0.2) is 76.3 Å². The number of carbonyl (C=O) groups is 2. The third kappa shape index (κ3) is 6.75. The van der Waals surface area contributed by atoms with Crippen LogP contribution in [0.15, 0.2) is 54.7 Å². The molecule has 2 aliphatic heterocycles. The summed E-state index contributed by atoms with van der Waals surface area (Å²) in [6.45, 7) is 7.62. The van der Waals surface area contributed by atoms with Gasteiger partial charge in [-0.25, -0.2) is 14.8 Å². The first-order chi connectivity index (χ1) is 18.8. The molecule has 3 aromatic rings. The summed E-state index contributed by atoms with van der Waals surface area (Å²) in [5.74, 6) is 0.921. The van der Waals surface area contributed by atoms with Gasteiger partial charge in [-0.1, -0.05) is 47.7 Å². The summed E-state index contributed by atoms with van der Waals surface area (Å²) in [6.07, 6.45) is 3.01. The summed E-state index contributed by atoms with van der Waals surface area (Å²) in [6, 6.07) is 15.5. The van der Waals surface area contributed by atoms with E-state index < -0.39 is 17.7 Å². The lowest BCUT2D eigenvalue weighted by atomic mass is 9.92. The van der Waals surface area contributed by atoms with Gasteiger partial charge in [-0.2, -0.15) is 0 Å². The minimum Gasteiger partial charge on any atom is -0.444 e. The van der Waals surface area contributed by atoms with Gasteiger partial charge >= 0.3 is 6.09 Å². The number of likely N-dealkylation sites (tertiary alicyclic amines) is 1. The number of morpholine rings is 1. The number of anilines is 2. The number of piperidine rings is 1. The molecule has 39 heavy (non-hydrogen) atoms. The number of pyridine rings is 1. The number of ether oxygens (including phenoxy) is 2. The topological polar surface area (TPSA) is 96.9 Å². The molecule has 1 atom stereocenters. The van der Waals surface area contributed by atoms with E-state index in [1.54, 1.807) is 11.3 Å². The highest BCUT2D eigenvalue weighted by atomic mass is 32.1. The van der Waals surface area contributed by atoms with E-state index in [0.717, 1.165) is 39.9 Å². The van der Waals surface area contributed by atoms with Crippen LogP contribution in [0, 0.1) is 0 Å². The van der Waals surface area contributed by atoms with Gasteiger partial charge in [0.05, 0.1) is 18.1 Å². The smallest absolute Gasteiger partial charge is 0.411 e. The van der Waals surface area contributed by atoms with Crippen LogP contribution in [0.2, 0.25) is 0 Å². The number of benzene rings is 1. The van der Waals surface area contributed by atoms with Gasteiger partial charge in [0.15, 0.2) is 5.13 Å². The summed E-state index contributed by atoms with van der Waals surface area (Å²) >= 11 is 1.59. The van der Waals surface area contributed by atoms with E-state index >= 15 is 0 Å². The standard InChI is InChI=1S/C29H35N5O4S/c1-29(2,3)38-28(36)34-16-17-37-19-23(34)26(35)33-14-12-20(13-15-33)22-10-7-11-25(31-22)32-27-30-18-24(39-27)21-8-5-4-6-9-21/h4-11,18,20,23H,12-17,19H2,1-3H3,(H,30,31,32)/t23-/m0/s1. The van der Waals surface area contributed by atoms with Crippen molar-refractivity contribution in [2.75, 3.05) is 38.2 Å². The second kappa shape index (κ2) is 11.7. The van der Waals surface area contributed by atoms with Gasteiger partial charge in [0.2, 0.25) is 5.91 Å². The lowest BCUT2D eigenvalue weighted by molar-refractivity contribution is -0.143. The average Bonchev–Trinajstić information content (AvgIpc) is 3.41. The maximum Gasteiger partial charge on any atom is 0.411 e. The molecule has 0 unspecified atom stereocenters. The Bertz CT molecular complexity index is 1280. The van der Waals surface area contributed by atoms with Crippen molar-refractivity contribution in [1.82, 2.24) is 19.8 Å². The Morgan fingerprint density at radius 3 is 2.56 bits per heavy atom. The molecule has 1 N–H and O–H groups in total. The molecule has 2 saturated heterocycles. The largest absolute Gasteiger partial charge is 0.444 e. The van der Waals surface area contributed by atoms with E-state index in [9.17, 15) is 9.59 Å². The Hall–Kier alpha value is -3.50. The fraction of sp³-hybridized carbons (Fsp3) is 0.448. The second-order valence-corrected chi connectivity index (χ2v) is 11.9. The number of thiazole rings is 1. The highest BCUT2D eigenvalue weighted by molar-refractivity contribution is 7.18. The Kier molecular flexibility index (Phi) is 8.13. The van der Waals surface area contributed by atoms with Crippen molar-refractivity contribution in [3.05, 3.63) is 60.4 Å². The van der Waals surface area contributed by atoms with E-state index in [-0.39, 0.29) is 18.4 Å². The number of amides is 2. The molecule has 206 valence electrons. The fourth-order valence-electron chi connectivity index (χ4n) is 4.88. The van der Waals surface area contributed by atoms with Crippen molar-refractivity contribution in [3.63, 3.8) is 0 Å². The van der Waals surface area contributed by atoms with Gasteiger partial charge in [-0.3, -0.25) is 9.69 Å². The molecule has 0 bridgehead atoms. The third-order valence-corrected chi connectivity index (χ3v) is 7.80. The molecule has 0 spiro atoms. The van der Waals surface area contributed by atoms with Crippen LogP contribution in [0.3, 0.4) is 0 Å². The highest BCUT2D eigenvalue weighted by Crippen LogP contribution is 2.32. The van der Waals surface area contributed by atoms with Gasteiger partial charge in [-0.15, -0.1) is 0 Å². The molecule has 2 aromatic heterocycles.